The van der Waals surface area contributed by atoms with E-state index in [1.54, 1.807) is 0 Å². The molecule has 1 fully saturated rings. The molecule has 1 atom stereocenters. The van der Waals surface area contributed by atoms with Crippen molar-refractivity contribution in [2.24, 2.45) is 0 Å². The summed E-state index contributed by atoms with van der Waals surface area (Å²) in [5, 5.41) is 11.9. The fourth-order valence-corrected chi connectivity index (χ4v) is 2.90. The summed E-state index contributed by atoms with van der Waals surface area (Å²) in [5.74, 6) is -0.926. The van der Waals surface area contributed by atoms with Crippen molar-refractivity contribution < 1.29 is 14.7 Å². The monoisotopic (exact) mass is 304 g/mol. The van der Waals surface area contributed by atoms with Crippen LogP contribution in [0.3, 0.4) is 0 Å². The molecule has 0 unspecified atom stereocenters. The molecule has 0 aliphatic heterocycles. The molecular formula is C17H24N2O3. The van der Waals surface area contributed by atoms with E-state index in [-0.39, 0.29) is 30.5 Å². The lowest BCUT2D eigenvalue weighted by Gasteiger charge is -2.42. The second-order valence-electron chi connectivity index (χ2n) is 5.92. The molecule has 0 aromatic heterocycles. The van der Waals surface area contributed by atoms with Crippen LogP contribution in [-0.4, -0.2) is 47.1 Å². The molecule has 5 heteroatoms. The third kappa shape index (κ3) is 4.07. The number of carboxylic acids is 1. The number of carboxylic acid groups (broad SMARTS) is 1. The number of nitrogens with one attached hydrogen (secondary N) is 1. The molecule has 1 aromatic carbocycles. The average molecular weight is 304 g/mol. The Bertz CT molecular complexity index is 512. The highest BCUT2D eigenvalue weighted by Crippen LogP contribution is 2.26. The highest BCUT2D eigenvalue weighted by Gasteiger charge is 2.35. The minimum Gasteiger partial charge on any atom is -0.480 e. The Labute approximate surface area is 131 Å². The van der Waals surface area contributed by atoms with Gasteiger partial charge < -0.3 is 10.4 Å². The van der Waals surface area contributed by atoms with Gasteiger partial charge in [0.25, 0.3) is 0 Å². The van der Waals surface area contributed by atoms with Gasteiger partial charge in [-0.3, -0.25) is 14.5 Å². The van der Waals surface area contributed by atoms with Gasteiger partial charge in [0.1, 0.15) is 0 Å². The largest absolute Gasteiger partial charge is 0.480 e. The summed E-state index contributed by atoms with van der Waals surface area (Å²) in [4.78, 5) is 25.0. The van der Waals surface area contributed by atoms with Crippen molar-refractivity contribution in [3.63, 3.8) is 0 Å². The zero-order valence-corrected chi connectivity index (χ0v) is 13.2. The van der Waals surface area contributed by atoms with Crippen molar-refractivity contribution in [2.75, 3.05) is 13.1 Å². The van der Waals surface area contributed by atoms with Crippen molar-refractivity contribution in [3.05, 3.63) is 35.9 Å². The topological polar surface area (TPSA) is 69.6 Å². The van der Waals surface area contributed by atoms with Crippen LogP contribution in [0.15, 0.2) is 30.3 Å². The molecule has 1 saturated carbocycles. The minimum absolute atomic E-state index is 0.0379. The second-order valence-corrected chi connectivity index (χ2v) is 5.92. The van der Waals surface area contributed by atoms with Crippen LogP contribution in [0.5, 0.6) is 0 Å². The van der Waals surface area contributed by atoms with E-state index in [1.165, 1.54) is 0 Å². The maximum Gasteiger partial charge on any atom is 0.317 e. The lowest BCUT2D eigenvalue weighted by molar-refractivity contribution is -0.139. The van der Waals surface area contributed by atoms with Crippen LogP contribution in [0.25, 0.3) is 0 Å². The Balaban J connectivity index is 1.79. The van der Waals surface area contributed by atoms with E-state index in [0.717, 1.165) is 24.9 Å². The summed E-state index contributed by atoms with van der Waals surface area (Å²) >= 11 is 0. The first kappa shape index (κ1) is 16.5. The summed E-state index contributed by atoms with van der Waals surface area (Å²) in [5.41, 5.74) is 1.01. The summed E-state index contributed by atoms with van der Waals surface area (Å²) in [7, 11) is 0. The number of amides is 1. The standard InChI is InChI=1S/C17H24N2O3/c1-3-19(11-16(20)21)15-9-14(10-15)18-17(22)12(2)13-7-5-4-6-8-13/h4-8,12,14-15H,3,9-11H2,1-2H3,(H,18,22)(H,20,21)/t12-,14?,15?/m1/s1. The molecule has 0 radical (unpaired) electrons. The molecule has 0 bridgehead atoms. The predicted octanol–water partition coefficient (Wildman–Crippen LogP) is 1.84. The highest BCUT2D eigenvalue weighted by molar-refractivity contribution is 5.83. The fraction of sp³-hybridized carbons (Fsp3) is 0.529. The number of aliphatic carboxylic acids is 1. The molecule has 0 heterocycles. The van der Waals surface area contributed by atoms with E-state index in [4.69, 9.17) is 5.11 Å². The fourth-order valence-electron chi connectivity index (χ4n) is 2.90. The quantitative estimate of drug-likeness (QED) is 0.806. The van der Waals surface area contributed by atoms with Gasteiger partial charge in [-0.25, -0.2) is 0 Å². The summed E-state index contributed by atoms with van der Waals surface area (Å²) in [6.07, 6.45) is 1.66. The van der Waals surface area contributed by atoms with Gasteiger partial charge in [-0.1, -0.05) is 37.3 Å². The molecule has 22 heavy (non-hydrogen) atoms. The molecular weight excluding hydrogens is 280 g/mol. The van der Waals surface area contributed by atoms with Crippen LogP contribution >= 0.6 is 0 Å². The normalized spacial score (nSPS) is 22.0. The number of carbonyl (C=O) groups excluding carboxylic acids is 1. The highest BCUT2D eigenvalue weighted by atomic mass is 16.4. The number of nitrogens with zero attached hydrogens (tertiary/aromatic N) is 1. The van der Waals surface area contributed by atoms with Gasteiger partial charge in [0, 0.05) is 12.1 Å². The molecule has 1 aliphatic carbocycles. The number of benzene rings is 1. The van der Waals surface area contributed by atoms with E-state index in [0.29, 0.717) is 0 Å². The molecule has 2 N–H and O–H groups in total. The Morgan fingerprint density at radius 3 is 2.50 bits per heavy atom. The minimum atomic E-state index is -0.799. The van der Waals surface area contributed by atoms with Crippen molar-refractivity contribution in [1.82, 2.24) is 10.2 Å². The van der Waals surface area contributed by atoms with Crippen molar-refractivity contribution in [3.8, 4) is 0 Å². The van der Waals surface area contributed by atoms with Gasteiger partial charge >= 0.3 is 5.97 Å². The Kier molecular flexibility index (Phi) is 5.55. The van der Waals surface area contributed by atoms with Gasteiger partial charge in [-0.05, 0) is 31.9 Å². The molecule has 2 rings (SSSR count). The van der Waals surface area contributed by atoms with Crippen LogP contribution in [-0.2, 0) is 9.59 Å². The first-order valence-corrected chi connectivity index (χ1v) is 7.82. The van der Waals surface area contributed by atoms with E-state index < -0.39 is 5.97 Å². The summed E-state index contributed by atoms with van der Waals surface area (Å²) in [6, 6.07) is 10.1. The number of hydrogen-bond donors (Lipinski definition) is 2. The van der Waals surface area contributed by atoms with Crippen LogP contribution in [0, 0.1) is 0 Å². The molecule has 1 aliphatic rings. The van der Waals surface area contributed by atoms with Crippen molar-refractivity contribution in [1.29, 1.82) is 0 Å². The van der Waals surface area contributed by atoms with Crippen LogP contribution < -0.4 is 5.32 Å². The lowest BCUT2D eigenvalue weighted by Crippen LogP contribution is -2.55. The summed E-state index contributed by atoms with van der Waals surface area (Å²) < 4.78 is 0. The Morgan fingerprint density at radius 2 is 1.95 bits per heavy atom. The number of hydrogen-bond acceptors (Lipinski definition) is 3. The molecule has 1 amide bonds. The average Bonchev–Trinajstić information content (AvgIpc) is 2.48. The third-order valence-electron chi connectivity index (χ3n) is 4.41. The van der Waals surface area contributed by atoms with E-state index >= 15 is 0 Å². The van der Waals surface area contributed by atoms with E-state index in [1.807, 2.05) is 49.1 Å². The van der Waals surface area contributed by atoms with Crippen LogP contribution in [0.1, 0.15) is 38.2 Å². The molecule has 0 saturated heterocycles. The Hall–Kier alpha value is -1.88. The third-order valence-corrected chi connectivity index (χ3v) is 4.41. The first-order valence-electron chi connectivity index (χ1n) is 7.82. The maximum absolute atomic E-state index is 12.3. The summed E-state index contributed by atoms with van der Waals surface area (Å²) in [6.45, 7) is 4.66. The van der Waals surface area contributed by atoms with Crippen molar-refractivity contribution in [2.45, 2.75) is 44.7 Å². The maximum atomic E-state index is 12.3. The second kappa shape index (κ2) is 7.40. The SMILES string of the molecule is CCN(CC(=O)O)C1CC(NC(=O)[C@H](C)c2ccccc2)C1. The molecule has 5 nitrogen and oxygen atoms in total. The number of carbonyl (C=O) groups is 2. The molecule has 120 valence electrons. The first-order chi connectivity index (χ1) is 10.5. The zero-order valence-electron chi connectivity index (χ0n) is 13.2. The molecule has 0 spiro atoms. The van der Waals surface area contributed by atoms with E-state index in [9.17, 15) is 9.59 Å². The van der Waals surface area contributed by atoms with Crippen molar-refractivity contribution >= 4 is 11.9 Å². The number of rotatable bonds is 7. The van der Waals surface area contributed by atoms with Crippen LogP contribution in [0.4, 0.5) is 0 Å². The number of likely N-dealkylation sites (N-methyl/N-ethyl adjacent to an activating group) is 1. The smallest absolute Gasteiger partial charge is 0.317 e. The molecule has 1 aromatic rings. The van der Waals surface area contributed by atoms with Gasteiger partial charge in [0.05, 0.1) is 12.5 Å². The van der Waals surface area contributed by atoms with Crippen LogP contribution in [0.2, 0.25) is 0 Å². The lowest BCUT2D eigenvalue weighted by atomic mass is 9.84. The predicted molar refractivity (Wildman–Crippen MR) is 84.7 cm³/mol. The zero-order chi connectivity index (χ0) is 16.1. The van der Waals surface area contributed by atoms with Gasteiger partial charge in [0.15, 0.2) is 0 Å². The van der Waals surface area contributed by atoms with Gasteiger partial charge in [0.2, 0.25) is 5.91 Å². The van der Waals surface area contributed by atoms with Gasteiger partial charge in [-0.2, -0.15) is 0 Å². The van der Waals surface area contributed by atoms with Gasteiger partial charge in [-0.15, -0.1) is 0 Å². The van der Waals surface area contributed by atoms with E-state index in [2.05, 4.69) is 5.32 Å². The Morgan fingerprint density at radius 1 is 1.32 bits per heavy atom.